The van der Waals surface area contributed by atoms with Gasteiger partial charge in [-0.1, -0.05) is 36.4 Å². The first-order valence-electron chi connectivity index (χ1n) is 6.56. The molecule has 1 aromatic heterocycles. The van der Waals surface area contributed by atoms with E-state index in [9.17, 15) is 5.21 Å². The highest BCUT2D eigenvalue weighted by atomic mass is 16.5. The van der Waals surface area contributed by atoms with E-state index >= 15 is 0 Å². The first-order chi connectivity index (χ1) is 9.06. The van der Waals surface area contributed by atoms with Crippen molar-refractivity contribution >= 4 is 0 Å². The number of hydrogen-bond donors (Lipinski definition) is 0. The molecule has 0 aliphatic heterocycles. The van der Waals surface area contributed by atoms with Crippen LogP contribution in [-0.4, -0.2) is 30.3 Å². The minimum atomic E-state index is -0.268. The molecule has 0 saturated carbocycles. The molecule has 1 atom stereocenters. The molecule has 0 unspecified atom stereocenters. The molecule has 100 valence electrons. The van der Waals surface area contributed by atoms with Gasteiger partial charge in [0.15, 0.2) is 0 Å². The molecule has 0 spiro atoms. The molecule has 0 bridgehead atoms. The summed E-state index contributed by atoms with van der Waals surface area (Å²) in [6.07, 6.45) is 2.61. The lowest BCUT2D eigenvalue weighted by atomic mass is 9.92. The zero-order chi connectivity index (χ0) is 13.7. The molecule has 2 aromatic rings. The van der Waals surface area contributed by atoms with E-state index in [1.807, 2.05) is 42.6 Å². The third-order valence-corrected chi connectivity index (χ3v) is 3.20. The lowest BCUT2D eigenvalue weighted by Gasteiger charge is -2.35. The fourth-order valence-electron chi connectivity index (χ4n) is 2.19. The van der Waals surface area contributed by atoms with Gasteiger partial charge in [-0.05, 0) is 17.7 Å². The van der Waals surface area contributed by atoms with E-state index < -0.39 is 0 Å². The molecule has 1 heterocycles. The molecule has 0 fully saturated rings. The van der Waals surface area contributed by atoms with E-state index in [-0.39, 0.29) is 10.6 Å². The first kappa shape index (κ1) is 13.7. The van der Waals surface area contributed by atoms with Crippen molar-refractivity contribution in [2.75, 3.05) is 20.6 Å². The standard InChI is InChI=1S/C16H20N2O/c1-18(2,19)13-11-15(14-8-4-3-5-9-14)16-10-6-7-12-17-16/h3-10,12,15H,11,13H2,1-2H3/t15-/m1/s1. The zero-order valence-corrected chi connectivity index (χ0v) is 11.5. The second-order valence-electron chi connectivity index (χ2n) is 5.30. The summed E-state index contributed by atoms with van der Waals surface area (Å²) in [4.78, 5) is 4.45. The van der Waals surface area contributed by atoms with Crippen LogP contribution in [0.15, 0.2) is 54.7 Å². The summed E-state index contributed by atoms with van der Waals surface area (Å²) in [5.74, 6) is 0.189. The first-order valence-corrected chi connectivity index (χ1v) is 6.56. The van der Waals surface area contributed by atoms with Gasteiger partial charge in [0.25, 0.3) is 0 Å². The molecule has 0 radical (unpaired) electrons. The molecule has 0 aliphatic carbocycles. The number of hydroxylamine groups is 3. The number of hydrogen-bond acceptors (Lipinski definition) is 2. The minimum Gasteiger partial charge on any atom is -0.633 e. The van der Waals surface area contributed by atoms with E-state index in [2.05, 4.69) is 17.1 Å². The van der Waals surface area contributed by atoms with Crippen molar-refractivity contribution in [2.24, 2.45) is 0 Å². The van der Waals surface area contributed by atoms with Crippen molar-refractivity contribution in [1.29, 1.82) is 0 Å². The summed E-state index contributed by atoms with van der Waals surface area (Å²) in [5, 5.41) is 11.8. The van der Waals surface area contributed by atoms with Gasteiger partial charge in [-0.15, -0.1) is 0 Å². The van der Waals surface area contributed by atoms with Gasteiger partial charge in [0.1, 0.15) is 0 Å². The van der Waals surface area contributed by atoms with Crippen molar-refractivity contribution in [1.82, 2.24) is 4.98 Å². The largest absolute Gasteiger partial charge is 0.633 e. The van der Waals surface area contributed by atoms with Crippen LogP contribution in [0.5, 0.6) is 0 Å². The molecule has 0 aliphatic rings. The molecule has 2 rings (SSSR count). The van der Waals surface area contributed by atoms with Crippen molar-refractivity contribution < 1.29 is 4.65 Å². The van der Waals surface area contributed by atoms with Crippen molar-refractivity contribution in [2.45, 2.75) is 12.3 Å². The number of benzene rings is 1. The van der Waals surface area contributed by atoms with Crippen LogP contribution >= 0.6 is 0 Å². The maximum Gasteiger partial charge on any atom is 0.0789 e. The highest BCUT2D eigenvalue weighted by Crippen LogP contribution is 2.26. The third kappa shape index (κ3) is 4.16. The fourth-order valence-corrected chi connectivity index (χ4v) is 2.19. The van der Waals surface area contributed by atoms with E-state index in [0.29, 0.717) is 6.54 Å². The van der Waals surface area contributed by atoms with Crippen LogP contribution in [0.4, 0.5) is 0 Å². The summed E-state index contributed by atoms with van der Waals surface area (Å²) in [7, 11) is 3.36. The van der Waals surface area contributed by atoms with Gasteiger partial charge < -0.3 is 9.85 Å². The van der Waals surface area contributed by atoms with Crippen LogP contribution in [0.2, 0.25) is 0 Å². The second kappa shape index (κ2) is 5.95. The Balaban J connectivity index is 2.24. The average Bonchev–Trinajstić information content (AvgIpc) is 2.40. The predicted molar refractivity (Wildman–Crippen MR) is 77.5 cm³/mol. The van der Waals surface area contributed by atoms with E-state index in [0.717, 1.165) is 12.1 Å². The smallest absolute Gasteiger partial charge is 0.0789 e. The molecule has 3 heteroatoms. The Morgan fingerprint density at radius 1 is 1.05 bits per heavy atom. The van der Waals surface area contributed by atoms with Gasteiger partial charge in [0, 0.05) is 24.2 Å². The van der Waals surface area contributed by atoms with Gasteiger partial charge in [0.05, 0.1) is 20.6 Å². The second-order valence-corrected chi connectivity index (χ2v) is 5.30. The molecular formula is C16H20N2O. The summed E-state index contributed by atoms with van der Waals surface area (Å²) in [5.41, 5.74) is 2.25. The summed E-state index contributed by atoms with van der Waals surface area (Å²) < 4.78 is -0.268. The van der Waals surface area contributed by atoms with Gasteiger partial charge in [-0.25, -0.2) is 0 Å². The van der Waals surface area contributed by atoms with Crippen LogP contribution in [0.25, 0.3) is 0 Å². The number of pyridine rings is 1. The maximum absolute atomic E-state index is 11.8. The SMILES string of the molecule is C[N+](C)([O-])CC[C@H](c1ccccc1)c1ccccn1. The Labute approximate surface area is 114 Å². The minimum absolute atomic E-state index is 0.189. The quantitative estimate of drug-likeness (QED) is 0.608. The number of rotatable bonds is 5. The lowest BCUT2D eigenvalue weighted by molar-refractivity contribution is -0.840. The van der Waals surface area contributed by atoms with Crippen LogP contribution in [0.3, 0.4) is 0 Å². The highest BCUT2D eigenvalue weighted by molar-refractivity contribution is 5.28. The number of quaternary nitrogens is 1. The Morgan fingerprint density at radius 3 is 2.32 bits per heavy atom. The molecule has 0 amide bonds. The highest BCUT2D eigenvalue weighted by Gasteiger charge is 2.17. The Morgan fingerprint density at radius 2 is 1.74 bits per heavy atom. The molecule has 0 N–H and O–H groups in total. The summed E-state index contributed by atoms with van der Waals surface area (Å²) in [6, 6.07) is 16.2. The summed E-state index contributed by atoms with van der Waals surface area (Å²) in [6.45, 7) is 0.579. The monoisotopic (exact) mass is 256 g/mol. The predicted octanol–water partition coefficient (Wildman–Crippen LogP) is 3.18. The maximum atomic E-state index is 11.8. The van der Waals surface area contributed by atoms with Crippen molar-refractivity contribution in [3.8, 4) is 0 Å². The lowest BCUT2D eigenvalue weighted by Crippen LogP contribution is -2.34. The van der Waals surface area contributed by atoms with Gasteiger partial charge in [-0.3, -0.25) is 4.98 Å². The Bertz CT molecular complexity index is 452. The fraction of sp³-hybridized carbons (Fsp3) is 0.312. The normalized spacial score (nSPS) is 13.2. The van der Waals surface area contributed by atoms with Gasteiger partial charge >= 0.3 is 0 Å². The molecule has 3 nitrogen and oxygen atoms in total. The molecular weight excluding hydrogens is 236 g/mol. The van der Waals surface area contributed by atoms with E-state index in [1.165, 1.54) is 5.56 Å². The van der Waals surface area contributed by atoms with Crippen LogP contribution in [0, 0.1) is 5.21 Å². The van der Waals surface area contributed by atoms with Crippen LogP contribution < -0.4 is 0 Å². The number of aromatic nitrogens is 1. The van der Waals surface area contributed by atoms with Crippen molar-refractivity contribution in [3.05, 3.63) is 71.2 Å². The molecule has 19 heavy (non-hydrogen) atoms. The Kier molecular flexibility index (Phi) is 4.30. The van der Waals surface area contributed by atoms with Gasteiger partial charge in [-0.2, -0.15) is 0 Å². The van der Waals surface area contributed by atoms with Gasteiger partial charge in [0.2, 0.25) is 0 Å². The van der Waals surface area contributed by atoms with E-state index in [1.54, 1.807) is 14.1 Å². The average molecular weight is 256 g/mol. The van der Waals surface area contributed by atoms with Crippen LogP contribution in [-0.2, 0) is 0 Å². The van der Waals surface area contributed by atoms with Crippen LogP contribution in [0.1, 0.15) is 23.6 Å². The van der Waals surface area contributed by atoms with Crippen molar-refractivity contribution in [3.63, 3.8) is 0 Å². The summed E-state index contributed by atoms with van der Waals surface area (Å²) >= 11 is 0. The molecule has 0 saturated heterocycles. The molecule has 1 aromatic carbocycles. The Hall–Kier alpha value is -1.71. The zero-order valence-electron chi connectivity index (χ0n) is 11.5. The van der Waals surface area contributed by atoms with E-state index in [4.69, 9.17) is 0 Å². The topological polar surface area (TPSA) is 36.0 Å². The third-order valence-electron chi connectivity index (χ3n) is 3.20. The number of nitrogens with zero attached hydrogens (tertiary/aromatic N) is 2.